The Bertz CT molecular complexity index is 2490. The van der Waals surface area contributed by atoms with Gasteiger partial charge in [0.1, 0.15) is 11.2 Å². The fourth-order valence-corrected chi connectivity index (χ4v) is 8.94. The number of fused-ring (bicyclic) bond motifs is 2. The Morgan fingerprint density at radius 2 is 1.57 bits per heavy atom. The molecular formula is C46H49ClN6O5. The SMILES string of the molecule is Cc1c(-c2ccn3c(=O)c(CNC[C@@H]4CCC(=O)N4)cnc3c2)cccc1-c1cccc(-c2ccc3c(c2)CCC3N(C[C@@H]2CCC(=O)N2)C(=O)OC(C)(C)C)c1Cl. The molecule has 5 aromatic rings. The Morgan fingerprint density at radius 3 is 2.29 bits per heavy atom. The van der Waals surface area contributed by atoms with Crippen LogP contribution in [-0.4, -0.2) is 63.0 Å². The van der Waals surface area contributed by atoms with Gasteiger partial charge in [-0.15, -0.1) is 0 Å². The molecule has 2 aromatic heterocycles. The quantitative estimate of drug-likeness (QED) is 0.133. The second kappa shape index (κ2) is 16.0. The fourth-order valence-electron chi connectivity index (χ4n) is 8.60. The van der Waals surface area contributed by atoms with Crippen molar-refractivity contribution in [2.75, 3.05) is 13.1 Å². The molecule has 1 aliphatic carbocycles. The predicted molar refractivity (Wildman–Crippen MR) is 226 cm³/mol. The van der Waals surface area contributed by atoms with Gasteiger partial charge in [0.15, 0.2) is 0 Å². The minimum Gasteiger partial charge on any atom is -0.444 e. The van der Waals surface area contributed by atoms with Crippen molar-refractivity contribution in [2.24, 2.45) is 0 Å². The lowest BCUT2D eigenvalue weighted by atomic mass is 9.91. The van der Waals surface area contributed by atoms with Gasteiger partial charge in [-0.25, -0.2) is 9.78 Å². The third-order valence-electron chi connectivity index (χ3n) is 11.5. The van der Waals surface area contributed by atoms with Crippen molar-refractivity contribution in [1.82, 2.24) is 30.2 Å². The topological polar surface area (TPSA) is 134 Å². The lowest BCUT2D eigenvalue weighted by Gasteiger charge is -2.33. The van der Waals surface area contributed by atoms with Gasteiger partial charge in [-0.1, -0.05) is 66.2 Å². The number of nitrogens with one attached hydrogen (secondary N) is 3. The van der Waals surface area contributed by atoms with Crippen LogP contribution in [0.15, 0.2) is 83.9 Å². The van der Waals surface area contributed by atoms with E-state index < -0.39 is 5.60 Å². The maximum atomic E-state index is 13.6. The molecule has 8 rings (SSSR count). The highest BCUT2D eigenvalue weighted by molar-refractivity contribution is 6.36. The van der Waals surface area contributed by atoms with Crippen molar-refractivity contribution in [3.8, 4) is 33.4 Å². The van der Waals surface area contributed by atoms with Gasteiger partial charge in [-0.05, 0) is 104 Å². The number of halogens is 1. The lowest BCUT2D eigenvalue weighted by Crippen LogP contribution is -2.45. The van der Waals surface area contributed by atoms with Crippen LogP contribution in [0.2, 0.25) is 5.02 Å². The number of amides is 3. The van der Waals surface area contributed by atoms with E-state index in [4.69, 9.17) is 16.3 Å². The smallest absolute Gasteiger partial charge is 0.410 e. The summed E-state index contributed by atoms with van der Waals surface area (Å²) in [5, 5.41) is 9.89. The highest BCUT2D eigenvalue weighted by Crippen LogP contribution is 2.43. The number of nitrogens with zero attached hydrogens (tertiary/aromatic N) is 3. The maximum Gasteiger partial charge on any atom is 0.410 e. The summed E-state index contributed by atoms with van der Waals surface area (Å²) in [5.41, 5.74) is 9.41. The first-order valence-electron chi connectivity index (χ1n) is 20.1. The number of carbonyl (C=O) groups is 3. The normalized spacial score (nSPS) is 18.9. The second-order valence-electron chi connectivity index (χ2n) is 16.7. The standard InChI is InChI=1S/C46H49ClN6O5/c1-27-34(30-19-20-52-40(22-30)49-24-31(44(52)56)23-48-25-32-13-17-41(54)50-32)7-5-8-35(27)38-10-6-9-37(43(38)47)29-11-15-36-28(21-29)12-16-39(36)53(45(57)58-46(2,3)4)26-33-14-18-42(55)51-33/h5-11,15,19-22,24,32-33,39,48H,12-14,16-18,23,25-26H2,1-4H3,(H,50,54)(H,51,55)/t32-,33-,39?/m0/s1. The van der Waals surface area contributed by atoms with E-state index in [0.717, 1.165) is 69.3 Å². The predicted octanol–water partition coefficient (Wildman–Crippen LogP) is 7.53. The second-order valence-corrected chi connectivity index (χ2v) is 17.1. The maximum absolute atomic E-state index is 13.6. The molecule has 3 N–H and O–H groups in total. The lowest BCUT2D eigenvalue weighted by molar-refractivity contribution is -0.120. The molecule has 3 aliphatic rings. The number of carbonyl (C=O) groups excluding carboxylic acids is 3. The van der Waals surface area contributed by atoms with Crippen molar-refractivity contribution < 1.29 is 19.1 Å². The van der Waals surface area contributed by atoms with Crippen molar-refractivity contribution in [3.63, 3.8) is 0 Å². The van der Waals surface area contributed by atoms with Crippen LogP contribution in [0, 0.1) is 6.92 Å². The summed E-state index contributed by atoms with van der Waals surface area (Å²) >= 11 is 7.30. The number of hydrogen-bond acceptors (Lipinski definition) is 7. The minimum atomic E-state index is -0.645. The molecule has 3 amide bonds. The van der Waals surface area contributed by atoms with E-state index in [0.29, 0.717) is 55.1 Å². The first-order chi connectivity index (χ1) is 27.8. The molecule has 58 heavy (non-hydrogen) atoms. The van der Waals surface area contributed by atoms with E-state index in [1.165, 1.54) is 0 Å². The van der Waals surface area contributed by atoms with E-state index >= 15 is 0 Å². The summed E-state index contributed by atoms with van der Waals surface area (Å²) in [7, 11) is 0. The van der Waals surface area contributed by atoms with Crippen LogP contribution in [0.5, 0.6) is 0 Å². The molecule has 3 atom stereocenters. The average Bonchev–Trinajstić information content (AvgIpc) is 3.93. The Kier molecular flexibility index (Phi) is 10.9. The molecule has 12 heteroatoms. The summed E-state index contributed by atoms with van der Waals surface area (Å²) in [5.74, 6) is 0.0846. The molecular weight excluding hydrogens is 752 g/mol. The fraction of sp³-hybridized carbons (Fsp3) is 0.370. The Hall–Kier alpha value is -5.52. The third-order valence-corrected chi connectivity index (χ3v) is 11.9. The molecule has 2 saturated heterocycles. The first-order valence-corrected chi connectivity index (χ1v) is 20.5. The Morgan fingerprint density at radius 1 is 0.879 bits per heavy atom. The molecule has 0 spiro atoms. The number of ether oxygens (including phenoxy) is 1. The van der Waals surface area contributed by atoms with Gasteiger partial charge >= 0.3 is 6.09 Å². The van der Waals surface area contributed by atoms with Gasteiger partial charge in [-0.3, -0.25) is 23.7 Å². The molecule has 2 fully saturated rings. The summed E-state index contributed by atoms with van der Waals surface area (Å²) in [6.45, 7) is 9.05. The van der Waals surface area contributed by atoms with Crippen LogP contribution in [0.3, 0.4) is 0 Å². The van der Waals surface area contributed by atoms with Crippen LogP contribution in [-0.2, 0) is 27.3 Å². The summed E-state index contributed by atoms with van der Waals surface area (Å²) in [6, 6.07) is 22.4. The van der Waals surface area contributed by atoms with Gasteiger partial charge in [0.25, 0.3) is 5.56 Å². The van der Waals surface area contributed by atoms with Crippen LogP contribution in [0.1, 0.15) is 81.2 Å². The van der Waals surface area contributed by atoms with Crippen LogP contribution < -0.4 is 21.5 Å². The zero-order valence-corrected chi connectivity index (χ0v) is 34.1. The van der Waals surface area contributed by atoms with Crippen LogP contribution >= 0.6 is 11.6 Å². The van der Waals surface area contributed by atoms with E-state index in [9.17, 15) is 19.2 Å². The van der Waals surface area contributed by atoms with Gasteiger partial charge in [0.2, 0.25) is 11.8 Å². The molecule has 1 unspecified atom stereocenters. The van der Waals surface area contributed by atoms with Crippen molar-refractivity contribution in [1.29, 1.82) is 0 Å². The highest BCUT2D eigenvalue weighted by Gasteiger charge is 2.36. The molecule has 2 aliphatic heterocycles. The van der Waals surface area contributed by atoms with Gasteiger partial charge in [0, 0.05) is 73.6 Å². The Labute approximate surface area is 343 Å². The molecule has 11 nitrogen and oxygen atoms in total. The third kappa shape index (κ3) is 8.11. The van der Waals surface area contributed by atoms with Crippen molar-refractivity contribution >= 4 is 35.2 Å². The van der Waals surface area contributed by atoms with Gasteiger partial charge in [0.05, 0.1) is 11.1 Å². The number of benzene rings is 3. The van der Waals surface area contributed by atoms with E-state index in [1.807, 2.05) is 57.2 Å². The molecule has 0 saturated carbocycles. The number of aromatic nitrogens is 2. The van der Waals surface area contributed by atoms with E-state index in [2.05, 4.69) is 58.2 Å². The number of pyridine rings is 1. The largest absolute Gasteiger partial charge is 0.444 e. The summed E-state index contributed by atoms with van der Waals surface area (Å²) in [6.07, 6.45) is 7.09. The van der Waals surface area contributed by atoms with Crippen LogP contribution in [0.25, 0.3) is 39.0 Å². The molecule has 300 valence electrons. The van der Waals surface area contributed by atoms with E-state index in [-0.39, 0.29) is 41.6 Å². The van der Waals surface area contributed by atoms with Crippen molar-refractivity contribution in [3.05, 3.63) is 117 Å². The van der Waals surface area contributed by atoms with Crippen molar-refractivity contribution in [2.45, 2.75) is 96.5 Å². The Balaban J connectivity index is 1.03. The highest BCUT2D eigenvalue weighted by atomic mass is 35.5. The number of rotatable bonds is 10. The number of hydrogen-bond donors (Lipinski definition) is 3. The zero-order chi connectivity index (χ0) is 40.7. The van der Waals surface area contributed by atoms with Gasteiger partial charge < -0.3 is 20.7 Å². The van der Waals surface area contributed by atoms with Gasteiger partial charge in [-0.2, -0.15) is 0 Å². The monoisotopic (exact) mass is 800 g/mol. The van der Waals surface area contributed by atoms with E-state index in [1.54, 1.807) is 21.7 Å². The molecule has 0 bridgehead atoms. The summed E-state index contributed by atoms with van der Waals surface area (Å²) in [4.78, 5) is 56.9. The zero-order valence-electron chi connectivity index (χ0n) is 33.4. The minimum absolute atomic E-state index is 0.0170. The average molecular weight is 801 g/mol. The molecule has 4 heterocycles. The van der Waals surface area contributed by atoms with Crippen LogP contribution in [0.4, 0.5) is 4.79 Å². The summed E-state index contributed by atoms with van der Waals surface area (Å²) < 4.78 is 7.43. The number of aryl methyl sites for hydroxylation is 1. The molecule has 3 aromatic carbocycles. The molecule has 0 radical (unpaired) electrons. The first kappa shape index (κ1) is 39.3.